The first-order chi connectivity index (χ1) is 15.8. The van der Waals surface area contributed by atoms with Gasteiger partial charge in [-0.2, -0.15) is 10.1 Å². The Kier molecular flexibility index (Phi) is 5.63. The van der Waals surface area contributed by atoms with Gasteiger partial charge in [0.25, 0.3) is 0 Å². The van der Waals surface area contributed by atoms with Crippen LogP contribution in [0.5, 0.6) is 0 Å². The lowest BCUT2D eigenvalue weighted by molar-refractivity contribution is 0.201. The highest BCUT2D eigenvalue weighted by Crippen LogP contribution is 2.25. The Balaban J connectivity index is 1.37. The Morgan fingerprint density at radius 3 is 2.70 bits per heavy atom. The molecule has 0 atom stereocenters. The van der Waals surface area contributed by atoms with E-state index >= 15 is 0 Å². The fourth-order valence-corrected chi connectivity index (χ4v) is 4.90. The number of fused-ring (bicyclic) bond motifs is 1. The van der Waals surface area contributed by atoms with Gasteiger partial charge >= 0.3 is 0 Å². The fourth-order valence-electron chi connectivity index (χ4n) is 4.23. The van der Waals surface area contributed by atoms with Gasteiger partial charge in [-0.15, -0.1) is 5.10 Å². The van der Waals surface area contributed by atoms with Crippen molar-refractivity contribution in [1.29, 1.82) is 0 Å². The minimum atomic E-state index is -3.30. The number of rotatable bonds is 6. The molecule has 4 aromatic rings. The van der Waals surface area contributed by atoms with Crippen LogP contribution in [-0.4, -0.2) is 64.1 Å². The molecule has 1 aliphatic heterocycles. The Morgan fingerprint density at radius 1 is 1.12 bits per heavy atom. The van der Waals surface area contributed by atoms with Crippen molar-refractivity contribution < 1.29 is 8.42 Å². The van der Waals surface area contributed by atoms with Gasteiger partial charge in [-0.05, 0) is 63.2 Å². The molecule has 172 valence electrons. The molecule has 3 aromatic heterocycles. The second kappa shape index (κ2) is 8.60. The first-order valence-electron chi connectivity index (χ1n) is 11.0. The van der Waals surface area contributed by atoms with Crippen LogP contribution in [0.15, 0.2) is 59.8 Å². The highest BCUT2D eigenvalue weighted by molar-refractivity contribution is 7.90. The molecule has 33 heavy (non-hydrogen) atoms. The maximum Gasteiger partial charge on any atom is 0.247 e. The number of nitrogens with one attached hydrogen (secondary N) is 1. The second-order valence-electron chi connectivity index (χ2n) is 8.74. The zero-order valence-corrected chi connectivity index (χ0v) is 19.5. The summed E-state index contributed by atoms with van der Waals surface area (Å²) in [5.74, 6) is 1.10. The summed E-state index contributed by atoms with van der Waals surface area (Å²) in [5.41, 5.74) is 3.01. The third kappa shape index (κ3) is 4.76. The van der Waals surface area contributed by atoms with Crippen molar-refractivity contribution in [2.45, 2.75) is 24.3 Å². The highest BCUT2D eigenvalue weighted by atomic mass is 32.2. The topological polar surface area (TPSA) is 97.4 Å². The number of anilines is 2. The predicted octanol–water partition coefficient (Wildman–Crippen LogP) is 3.08. The monoisotopic (exact) mass is 465 g/mol. The number of nitrogens with zero attached hydrogens (tertiary/aromatic N) is 6. The van der Waals surface area contributed by atoms with E-state index < -0.39 is 9.84 Å². The third-order valence-corrected chi connectivity index (χ3v) is 7.20. The zero-order chi connectivity index (χ0) is 23.0. The van der Waals surface area contributed by atoms with E-state index in [1.807, 2.05) is 35.1 Å². The van der Waals surface area contributed by atoms with Gasteiger partial charge in [-0.25, -0.2) is 12.9 Å². The molecule has 0 amide bonds. The molecule has 1 saturated heterocycles. The van der Waals surface area contributed by atoms with Crippen LogP contribution in [0.3, 0.4) is 0 Å². The number of hydrogen-bond donors (Lipinski definition) is 1. The first kappa shape index (κ1) is 21.6. The number of piperidine rings is 1. The molecular formula is C23H27N7O2S. The average Bonchev–Trinajstić information content (AvgIpc) is 3.41. The number of pyridine rings is 1. The molecule has 1 aromatic carbocycles. The van der Waals surface area contributed by atoms with Crippen LogP contribution < -0.4 is 5.32 Å². The molecule has 10 heteroatoms. The van der Waals surface area contributed by atoms with Crippen LogP contribution in [0.25, 0.3) is 16.9 Å². The summed E-state index contributed by atoms with van der Waals surface area (Å²) in [6.07, 6.45) is 7.36. The summed E-state index contributed by atoms with van der Waals surface area (Å²) >= 11 is 0. The summed E-state index contributed by atoms with van der Waals surface area (Å²) in [7, 11) is -1.13. The Bertz CT molecular complexity index is 1380. The second-order valence-corrected chi connectivity index (χ2v) is 10.8. The van der Waals surface area contributed by atoms with Crippen LogP contribution in [-0.2, 0) is 16.4 Å². The van der Waals surface area contributed by atoms with Crippen molar-refractivity contribution >= 4 is 27.1 Å². The molecule has 0 radical (unpaired) electrons. The highest BCUT2D eigenvalue weighted by Gasteiger charge is 2.18. The number of sulfone groups is 1. The smallest absolute Gasteiger partial charge is 0.247 e. The first-order valence-corrected chi connectivity index (χ1v) is 12.9. The summed E-state index contributed by atoms with van der Waals surface area (Å²) in [5, 5.41) is 12.4. The Morgan fingerprint density at radius 2 is 1.91 bits per heavy atom. The standard InChI is InChI=1S/C23H27N7O2S/c1-28-11-9-17(10-12-28)15-29-16-19(14-24-29)25-23-26-22-8-4-7-21(30(22)27-23)18-5-3-6-20(13-18)33(2,31)32/h3-8,13-14,16-17H,9-12,15H2,1-2H3,(H,25,27). The van der Waals surface area contributed by atoms with Gasteiger partial charge in [-0.3, -0.25) is 4.68 Å². The van der Waals surface area contributed by atoms with E-state index in [0.29, 0.717) is 17.5 Å². The molecular weight excluding hydrogens is 438 g/mol. The average molecular weight is 466 g/mol. The summed E-state index contributed by atoms with van der Waals surface area (Å²) in [6, 6.07) is 12.5. The zero-order valence-electron chi connectivity index (χ0n) is 18.7. The summed E-state index contributed by atoms with van der Waals surface area (Å²) < 4.78 is 27.6. The third-order valence-electron chi connectivity index (χ3n) is 6.09. The maximum atomic E-state index is 12.0. The molecule has 0 spiro atoms. The van der Waals surface area contributed by atoms with Crippen LogP contribution in [0.1, 0.15) is 12.8 Å². The van der Waals surface area contributed by atoms with Gasteiger partial charge in [0.05, 0.1) is 22.5 Å². The van der Waals surface area contributed by atoms with Crippen molar-refractivity contribution in [2.75, 3.05) is 31.7 Å². The molecule has 0 saturated carbocycles. The number of benzene rings is 1. The Labute approximate surface area is 193 Å². The van der Waals surface area contributed by atoms with Crippen molar-refractivity contribution in [3.8, 4) is 11.3 Å². The molecule has 1 aliphatic rings. The predicted molar refractivity (Wildman–Crippen MR) is 127 cm³/mol. The SMILES string of the molecule is CN1CCC(Cn2cc(Nc3nc4cccc(-c5cccc(S(C)(=O)=O)c5)n4n3)cn2)CC1. The van der Waals surface area contributed by atoms with Crippen molar-refractivity contribution in [3.63, 3.8) is 0 Å². The molecule has 1 fully saturated rings. The lowest BCUT2D eigenvalue weighted by atomic mass is 9.97. The number of aromatic nitrogens is 5. The van der Waals surface area contributed by atoms with Gasteiger partial charge in [0, 0.05) is 24.6 Å². The molecule has 0 aliphatic carbocycles. The van der Waals surface area contributed by atoms with Gasteiger partial charge in [-0.1, -0.05) is 18.2 Å². The van der Waals surface area contributed by atoms with E-state index in [1.165, 1.54) is 19.1 Å². The van der Waals surface area contributed by atoms with Gasteiger partial charge in [0.1, 0.15) is 0 Å². The van der Waals surface area contributed by atoms with E-state index in [4.69, 9.17) is 0 Å². The van der Waals surface area contributed by atoms with E-state index in [0.717, 1.165) is 36.6 Å². The van der Waals surface area contributed by atoms with E-state index in [-0.39, 0.29) is 4.90 Å². The number of hydrogen-bond acceptors (Lipinski definition) is 7. The molecule has 0 bridgehead atoms. The summed E-state index contributed by atoms with van der Waals surface area (Å²) in [6.45, 7) is 3.18. The largest absolute Gasteiger partial charge is 0.320 e. The van der Waals surface area contributed by atoms with Crippen molar-refractivity contribution in [3.05, 3.63) is 54.9 Å². The van der Waals surface area contributed by atoms with Crippen LogP contribution in [0, 0.1) is 5.92 Å². The van der Waals surface area contributed by atoms with Gasteiger partial charge < -0.3 is 10.2 Å². The molecule has 0 unspecified atom stereocenters. The molecule has 4 heterocycles. The maximum absolute atomic E-state index is 12.0. The minimum Gasteiger partial charge on any atom is -0.320 e. The summed E-state index contributed by atoms with van der Waals surface area (Å²) in [4.78, 5) is 7.22. The van der Waals surface area contributed by atoms with Crippen LogP contribution in [0.4, 0.5) is 11.6 Å². The number of likely N-dealkylation sites (tertiary alicyclic amines) is 1. The van der Waals surface area contributed by atoms with Crippen LogP contribution in [0.2, 0.25) is 0 Å². The van der Waals surface area contributed by atoms with Crippen molar-refractivity contribution in [2.24, 2.45) is 5.92 Å². The van der Waals surface area contributed by atoms with Gasteiger partial charge in [0.15, 0.2) is 15.5 Å². The van der Waals surface area contributed by atoms with Crippen molar-refractivity contribution in [1.82, 2.24) is 29.3 Å². The van der Waals surface area contributed by atoms with E-state index in [2.05, 4.69) is 32.4 Å². The fraction of sp³-hybridized carbons (Fsp3) is 0.348. The van der Waals surface area contributed by atoms with Crippen LogP contribution >= 0.6 is 0 Å². The minimum absolute atomic E-state index is 0.271. The van der Waals surface area contributed by atoms with E-state index in [9.17, 15) is 8.42 Å². The molecule has 9 nitrogen and oxygen atoms in total. The Hall–Kier alpha value is -3.24. The van der Waals surface area contributed by atoms with E-state index in [1.54, 1.807) is 28.9 Å². The van der Waals surface area contributed by atoms with Gasteiger partial charge in [0.2, 0.25) is 5.95 Å². The lowest BCUT2D eigenvalue weighted by Crippen LogP contribution is -2.31. The molecule has 5 rings (SSSR count). The lowest BCUT2D eigenvalue weighted by Gasteiger charge is -2.28. The molecule has 1 N–H and O–H groups in total. The normalized spacial score (nSPS) is 15.8. The quantitative estimate of drug-likeness (QED) is 0.467.